The van der Waals surface area contributed by atoms with Crippen molar-refractivity contribution in [3.63, 3.8) is 0 Å². The van der Waals surface area contributed by atoms with E-state index in [4.69, 9.17) is 9.57 Å². The van der Waals surface area contributed by atoms with Crippen molar-refractivity contribution in [1.29, 1.82) is 0 Å². The Morgan fingerprint density at radius 2 is 2.03 bits per heavy atom. The van der Waals surface area contributed by atoms with E-state index in [0.717, 1.165) is 29.7 Å². The minimum Gasteiger partial charge on any atom is -0.495 e. The molecule has 1 unspecified atom stereocenters. The van der Waals surface area contributed by atoms with E-state index >= 15 is 0 Å². The number of piperidine rings is 1. The first-order chi connectivity index (χ1) is 16.6. The van der Waals surface area contributed by atoms with Crippen LogP contribution in [-0.4, -0.2) is 50.8 Å². The van der Waals surface area contributed by atoms with Gasteiger partial charge in [-0.25, -0.2) is 9.37 Å². The lowest BCUT2D eigenvalue weighted by Gasteiger charge is -2.38. The van der Waals surface area contributed by atoms with E-state index in [-0.39, 0.29) is 19.0 Å². The summed E-state index contributed by atoms with van der Waals surface area (Å²) in [5, 5.41) is 23.9. The van der Waals surface area contributed by atoms with Crippen molar-refractivity contribution in [3.05, 3.63) is 83.2 Å². The summed E-state index contributed by atoms with van der Waals surface area (Å²) < 4.78 is 20.9. The number of hydrogen-bond donors (Lipinski definition) is 2. The summed E-state index contributed by atoms with van der Waals surface area (Å²) in [6.07, 6.45) is 7.07. The maximum Gasteiger partial charge on any atom is 0.260 e. The zero-order valence-electron chi connectivity index (χ0n) is 18.7. The number of aliphatic hydroxyl groups is 2. The van der Waals surface area contributed by atoms with Gasteiger partial charge in [0.25, 0.3) is 5.72 Å². The zero-order valence-corrected chi connectivity index (χ0v) is 18.7. The van der Waals surface area contributed by atoms with Gasteiger partial charge in [-0.3, -0.25) is 0 Å². The van der Waals surface area contributed by atoms with Crippen molar-refractivity contribution in [2.45, 2.75) is 25.2 Å². The Morgan fingerprint density at radius 1 is 1.21 bits per heavy atom. The molecule has 0 spiro atoms. The van der Waals surface area contributed by atoms with Crippen molar-refractivity contribution in [1.82, 2.24) is 14.5 Å². The fourth-order valence-corrected chi connectivity index (χ4v) is 4.48. The number of imidazole rings is 1. The molecular formula is C25H25FN4O4. The van der Waals surface area contributed by atoms with Gasteiger partial charge in [0, 0.05) is 18.3 Å². The highest BCUT2D eigenvalue weighted by atomic mass is 19.1. The molecule has 2 aromatic carbocycles. The van der Waals surface area contributed by atoms with Crippen LogP contribution in [0.15, 0.2) is 65.7 Å². The number of fused-ring (bicyclic) bond motifs is 1. The molecule has 1 aromatic heterocycles. The Morgan fingerprint density at radius 3 is 2.74 bits per heavy atom. The smallest absolute Gasteiger partial charge is 0.260 e. The van der Waals surface area contributed by atoms with Crippen molar-refractivity contribution < 1.29 is 24.2 Å². The molecule has 0 radical (unpaired) electrons. The molecule has 2 aliphatic heterocycles. The number of rotatable bonds is 6. The number of ether oxygens (including phenoxy) is 1. The number of benzene rings is 2. The van der Waals surface area contributed by atoms with Gasteiger partial charge < -0.3 is 29.3 Å². The summed E-state index contributed by atoms with van der Waals surface area (Å²) in [6.45, 7) is 0.208. The monoisotopic (exact) mass is 464 g/mol. The molecule has 1 fully saturated rings. The Labute approximate surface area is 196 Å². The van der Waals surface area contributed by atoms with Crippen molar-refractivity contribution >= 4 is 11.9 Å². The van der Waals surface area contributed by atoms with Crippen LogP contribution in [-0.2, 0) is 17.2 Å². The second kappa shape index (κ2) is 8.92. The van der Waals surface area contributed by atoms with E-state index in [1.165, 1.54) is 12.1 Å². The average Bonchev–Trinajstić information content (AvgIpc) is 3.50. The molecule has 5 rings (SSSR count). The molecule has 9 heteroatoms. The second-order valence-corrected chi connectivity index (χ2v) is 8.24. The SMILES string of the molecule is COc1cc(C=C2CCCN3C2=NOC3(CO)c2ccc(F)cc2)ccc1-n1cnc(CO)c1. The normalized spacial score (nSPS) is 20.8. The first-order valence-electron chi connectivity index (χ1n) is 11.0. The molecule has 0 saturated carbocycles. The van der Waals surface area contributed by atoms with Crippen LogP contribution in [0.1, 0.15) is 29.7 Å². The second-order valence-electron chi connectivity index (χ2n) is 8.24. The minimum atomic E-state index is -1.17. The summed E-state index contributed by atoms with van der Waals surface area (Å²) in [5.41, 5.74) is 2.75. The van der Waals surface area contributed by atoms with Gasteiger partial charge in [-0.05, 0) is 66.5 Å². The Balaban J connectivity index is 1.46. The topological polar surface area (TPSA) is 92.3 Å². The predicted molar refractivity (Wildman–Crippen MR) is 124 cm³/mol. The van der Waals surface area contributed by atoms with Gasteiger partial charge in [0.1, 0.15) is 18.2 Å². The van der Waals surface area contributed by atoms with Gasteiger partial charge in [0.15, 0.2) is 5.84 Å². The molecule has 1 atom stereocenters. The lowest BCUT2D eigenvalue weighted by atomic mass is 9.95. The Hall–Kier alpha value is -3.69. The fraction of sp³-hybridized carbons (Fsp3) is 0.280. The van der Waals surface area contributed by atoms with Crippen LogP contribution in [0, 0.1) is 5.82 Å². The van der Waals surface area contributed by atoms with Gasteiger partial charge in [-0.1, -0.05) is 11.2 Å². The van der Waals surface area contributed by atoms with Gasteiger partial charge in [0.2, 0.25) is 0 Å². The van der Waals surface area contributed by atoms with Crippen LogP contribution in [0.2, 0.25) is 0 Å². The number of oxime groups is 1. The molecule has 3 heterocycles. The molecular weight excluding hydrogens is 439 g/mol. The van der Waals surface area contributed by atoms with Crippen molar-refractivity contribution in [2.75, 3.05) is 20.3 Å². The van der Waals surface area contributed by atoms with E-state index in [1.807, 2.05) is 29.2 Å². The predicted octanol–water partition coefficient (Wildman–Crippen LogP) is 3.18. The maximum absolute atomic E-state index is 13.5. The van der Waals surface area contributed by atoms with E-state index in [0.29, 0.717) is 29.4 Å². The number of aliphatic hydroxyl groups excluding tert-OH is 2. The number of nitrogens with zero attached hydrogens (tertiary/aromatic N) is 4. The van der Waals surface area contributed by atoms with Gasteiger partial charge in [-0.2, -0.15) is 0 Å². The zero-order chi connectivity index (χ0) is 23.7. The van der Waals surface area contributed by atoms with Gasteiger partial charge >= 0.3 is 0 Å². The van der Waals surface area contributed by atoms with Gasteiger partial charge in [-0.15, -0.1) is 0 Å². The van der Waals surface area contributed by atoms with Crippen LogP contribution >= 0.6 is 0 Å². The Kier molecular flexibility index (Phi) is 5.80. The summed E-state index contributed by atoms with van der Waals surface area (Å²) >= 11 is 0. The number of aromatic nitrogens is 2. The molecule has 0 aliphatic carbocycles. The minimum absolute atomic E-state index is 0.132. The van der Waals surface area contributed by atoms with Crippen molar-refractivity contribution in [2.24, 2.45) is 5.16 Å². The molecule has 3 aromatic rings. The van der Waals surface area contributed by atoms with Crippen molar-refractivity contribution in [3.8, 4) is 11.4 Å². The standard InChI is InChI=1S/C25H25FN4O4/c1-33-23-12-17(4-9-22(23)29-13-21(14-31)27-16-29)11-18-3-2-10-30-24(18)28-34-25(30,15-32)19-5-7-20(26)8-6-19/h4-9,11-13,16,31-32H,2-3,10,14-15H2,1H3. The Bertz CT molecular complexity index is 1250. The quantitative estimate of drug-likeness (QED) is 0.582. The highest BCUT2D eigenvalue weighted by Crippen LogP contribution is 2.40. The number of methoxy groups -OCH3 is 1. The molecule has 0 amide bonds. The molecule has 2 N–H and O–H groups in total. The summed E-state index contributed by atoms with van der Waals surface area (Å²) in [7, 11) is 1.61. The molecule has 1 saturated heterocycles. The van der Waals surface area contributed by atoms with Crippen LogP contribution in [0.3, 0.4) is 0 Å². The molecule has 176 valence electrons. The van der Waals surface area contributed by atoms with Gasteiger partial charge in [0.05, 0.1) is 31.4 Å². The van der Waals surface area contributed by atoms with Crippen LogP contribution in [0.5, 0.6) is 5.75 Å². The first kappa shape index (κ1) is 22.1. The largest absolute Gasteiger partial charge is 0.495 e. The third kappa shape index (κ3) is 3.72. The summed E-state index contributed by atoms with van der Waals surface area (Å²) in [5.74, 6) is 0.968. The lowest BCUT2D eigenvalue weighted by Crippen LogP contribution is -2.51. The van der Waals surface area contributed by atoms with E-state index < -0.39 is 5.72 Å². The molecule has 34 heavy (non-hydrogen) atoms. The van der Waals surface area contributed by atoms with E-state index in [9.17, 15) is 14.6 Å². The number of amidine groups is 1. The van der Waals surface area contributed by atoms with E-state index in [2.05, 4.69) is 10.1 Å². The molecule has 0 bridgehead atoms. The first-order valence-corrected chi connectivity index (χ1v) is 11.0. The van der Waals surface area contributed by atoms with Crippen LogP contribution in [0.4, 0.5) is 4.39 Å². The highest BCUT2D eigenvalue weighted by molar-refractivity contribution is 6.03. The number of halogens is 1. The van der Waals surface area contributed by atoms with Crippen LogP contribution in [0.25, 0.3) is 11.8 Å². The summed E-state index contributed by atoms with van der Waals surface area (Å²) in [6, 6.07) is 11.8. The average molecular weight is 464 g/mol. The third-order valence-corrected chi connectivity index (χ3v) is 6.22. The molecule has 2 aliphatic rings. The van der Waals surface area contributed by atoms with E-state index in [1.54, 1.807) is 36.3 Å². The van der Waals surface area contributed by atoms with Crippen LogP contribution < -0.4 is 4.74 Å². The number of hydrogen-bond acceptors (Lipinski definition) is 7. The molecule has 8 nitrogen and oxygen atoms in total. The maximum atomic E-state index is 13.5. The third-order valence-electron chi connectivity index (χ3n) is 6.22. The fourth-order valence-electron chi connectivity index (χ4n) is 4.48. The lowest BCUT2D eigenvalue weighted by molar-refractivity contribution is -0.137. The highest BCUT2D eigenvalue weighted by Gasteiger charge is 2.49. The summed E-state index contributed by atoms with van der Waals surface area (Å²) in [4.78, 5) is 11.9.